The minimum atomic E-state index is -0.0355. The van der Waals surface area contributed by atoms with Crippen molar-refractivity contribution in [3.8, 4) is 0 Å². The van der Waals surface area contributed by atoms with Crippen molar-refractivity contribution >= 4 is 6.21 Å². The lowest BCUT2D eigenvalue weighted by atomic mass is 9.45. The number of aliphatic hydroxyl groups excluding tert-OH is 1. The normalized spacial score (nSPS) is 48.1. The van der Waals surface area contributed by atoms with Gasteiger partial charge in [-0.15, -0.1) is 0 Å². The molecule has 0 saturated heterocycles. The van der Waals surface area contributed by atoms with Gasteiger partial charge in [0.15, 0.2) is 0 Å². The van der Waals surface area contributed by atoms with Gasteiger partial charge in [-0.1, -0.05) is 44.2 Å². The topological polar surface area (TPSA) is 32.6 Å². The van der Waals surface area contributed by atoms with E-state index in [0.717, 1.165) is 36.5 Å². The molecular formula is C26H37NO. The fourth-order valence-electron chi connectivity index (χ4n) is 8.17. The molecule has 2 nitrogen and oxygen atoms in total. The van der Waals surface area contributed by atoms with E-state index in [1.54, 1.807) is 0 Å². The molecule has 0 aliphatic heterocycles. The van der Waals surface area contributed by atoms with E-state index < -0.39 is 0 Å². The molecule has 0 bridgehead atoms. The van der Waals surface area contributed by atoms with Gasteiger partial charge in [-0.05, 0) is 97.9 Å². The summed E-state index contributed by atoms with van der Waals surface area (Å²) in [5.74, 6) is 3.39. The number of benzene rings is 1. The molecule has 0 aromatic heterocycles. The highest BCUT2D eigenvalue weighted by Gasteiger charge is 2.60. The SMILES string of the molecule is C[C@]12CC[C@H](O)C[C@@H]1CC[C@@H]1[C@@H]2CC[C@]2(C)[C@@H](N=Cc3ccccc3)CC[C@@H]12. The van der Waals surface area contributed by atoms with Gasteiger partial charge in [-0.25, -0.2) is 0 Å². The average molecular weight is 380 g/mol. The number of aliphatic hydroxyl groups is 1. The Bertz CT molecular complexity index is 729. The van der Waals surface area contributed by atoms with Gasteiger partial charge in [0.05, 0.1) is 12.1 Å². The molecule has 0 radical (unpaired) electrons. The largest absolute Gasteiger partial charge is 0.393 e. The maximum absolute atomic E-state index is 10.2. The molecule has 4 aliphatic rings. The van der Waals surface area contributed by atoms with E-state index in [9.17, 15) is 5.11 Å². The Morgan fingerprint density at radius 1 is 0.893 bits per heavy atom. The first-order valence-corrected chi connectivity index (χ1v) is 11.8. The Morgan fingerprint density at radius 2 is 1.64 bits per heavy atom. The van der Waals surface area contributed by atoms with Crippen LogP contribution in [0.15, 0.2) is 35.3 Å². The van der Waals surface area contributed by atoms with Gasteiger partial charge in [0.25, 0.3) is 0 Å². The summed E-state index contributed by atoms with van der Waals surface area (Å²) in [4.78, 5) is 5.14. The Labute approximate surface area is 170 Å². The fraction of sp³-hybridized carbons (Fsp3) is 0.731. The molecule has 1 aromatic carbocycles. The van der Waals surface area contributed by atoms with Crippen molar-refractivity contribution in [3.63, 3.8) is 0 Å². The van der Waals surface area contributed by atoms with Crippen LogP contribution in [0.2, 0.25) is 0 Å². The minimum absolute atomic E-state index is 0.0355. The summed E-state index contributed by atoms with van der Waals surface area (Å²) in [5.41, 5.74) is 2.11. The van der Waals surface area contributed by atoms with Crippen molar-refractivity contribution in [2.75, 3.05) is 0 Å². The van der Waals surface area contributed by atoms with Crippen LogP contribution in [0.4, 0.5) is 0 Å². The molecule has 1 N–H and O–H groups in total. The molecule has 8 atom stereocenters. The van der Waals surface area contributed by atoms with Crippen molar-refractivity contribution in [2.45, 2.75) is 83.8 Å². The zero-order valence-electron chi connectivity index (χ0n) is 17.7. The van der Waals surface area contributed by atoms with Crippen LogP contribution >= 0.6 is 0 Å². The summed E-state index contributed by atoms with van der Waals surface area (Å²) in [6.45, 7) is 5.15. The second-order valence-electron chi connectivity index (χ2n) is 10.9. The molecule has 0 amide bonds. The van der Waals surface area contributed by atoms with Crippen LogP contribution in [0.1, 0.15) is 77.2 Å². The van der Waals surface area contributed by atoms with Crippen molar-refractivity contribution in [1.82, 2.24) is 0 Å². The van der Waals surface area contributed by atoms with Crippen molar-refractivity contribution < 1.29 is 5.11 Å². The van der Waals surface area contributed by atoms with E-state index in [2.05, 4.69) is 50.4 Å². The van der Waals surface area contributed by atoms with Crippen molar-refractivity contribution in [2.24, 2.45) is 39.5 Å². The number of rotatable bonds is 2. The highest BCUT2D eigenvalue weighted by Crippen LogP contribution is 2.66. The Morgan fingerprint density at radius 3 is 2.46 bits per heavy atom. The second-order valence-corrected chi connectivity index (χ2v) is 10.9. The first-order chi connectivity index (χ1) is 13.5. The van der Waals surface area contributed by atoms with Crippen molar-refractivity contribution in [3.05, 3.63) is 35.9 Å². The summed E-state index contributed by atoms with van der Waals surface area (Å²) in [5, 5.41) is 10.2. The summed E-state index contributed by atoms with van der Waals surface area (Å²) in [6.07, 6.45) is 13.6. The number of hydrogen-bond acceptors (Lipinski definition) is 2. The van der Waals surface area contributed by atoms with Crippen LogP contribution < -0.4 is 0 Å². The van der Waals surface area contributed by atoms with Gasteiger partial charge in [0, 0.05) is 6.21 Å². The lowest BCUT2D eigenvalue weighted by molar-refractivity contribution is -0.122. The first kappa shape index (κ1) is 18.9. The van der Waals surface area contributed by atoms with Gasteiger partial charge < -0.3 is 5.11 Å². The van der Waals surface area contributed by atoms with Gasteiger partial charge in [0.2, 0.25) is 0 Å². The summed E-state index contributed by atoms with van der Waals surface area (Å²) in [7, 11) is 0. The van der Waals surface area contributed by atoms with Gasteiger partial charge in [-0.3, -0.25) is 4.99 Å². The van der Waals surface area contributed by atoms with Crippen LogP contribution in [0.25, 0.3) is 0 Å². The first-order valence-electron chi connectivity index (χ1n) is 11.8. The number of aliphatic imine (C=N–C) groups is 1. The monoisotopic (exact) mass is 379 g/mol. The van der Waals surface area contributed by atoms with Crippen LogP contribution in [-0.4, -0.2) is 23.5 Å². The molecule has 4 saturated carbocycles. The molecule has 0 unspecified atom stereocenters. The van der Waals surface area contributed by atoms with E-state index in [1.165, 1.54) is 50.5 Å². The summed E-state index contributed by atoms with van der Waals surface area (Å²) < 4.78 is 0. The third kappa shape index (κ3) is 2.90. The molecule has 4 aliphatic carbocycles. The molecule has 28 heavy (non-hydrogen) atoms. The number of hydrogen-bond donors (Lipinski definition) is 1. The Hall–Kier alpha value is -1.15. The molecule has 4 fully saturated rings. The van der Waals surface area contributed by atoms with E-state index >= 15 is 0 Å². The standard InChI is InChI=1S/C26H37NO/c1-25-14-12-20(28)16-19(25)8-9-21-22-10-11-24(26(22,2)15-13-23(21)25)27-17-18-6-4-3-5-7-18/h3-7,17,19-24,28H,8-16H2,1-2H3/t19-,20-,21-,22-,23-,24-,25-,26-/m0/s1. The predicted octanol–water partition coefficient (Wildman–Crippen LogP) is 5.88. The van der Waals surface area contributed by atoms with Crippen LogP contribution in [0.3, 0.4) is 0 Å². The maximum atomic E-state index is 10.2. The highest BCUT2D eigenvalue weighted by molar-refractivity contribution is 5.79. The van der Waals surface area contributed by atoms with Crippen LogP contribution in [0, 0.1) is 34.5 Å². The molecule has 5 rings (SSSR count). The zero-order valence-corrected chi connectivity index (χ0v) is 17.7. The highest BCUT2D eigenvalue weighted by atomic mass is 16.3. The maximum Gasteiger partial charge on any atom is 0.0556 e. The Kier molecular flexibility index (Phi) is 4.69. The lowest BCUT2D eigenvalue weighted by Gasteiger charge is -2.60. The van der Waals surface area contributed by atoms with E-state index in [4.69, 9.17) is 4.99 Å². The zero-order chi connectivity index (χ0) is 19.4. The van der Waals surface area contributed by atoms with Crippen molar-refractivity contribution in [1.29, 1.82) is 0 Å². The Balaban J connectivity index is 1.36. The molecule has 0 spiro atoms. The van der Waals surface area contributed by atoms with E-state index in [-0.39, 0.29) is 6.10 Å². The average Bonchev–Trinajstić information content (AvgIpc) is 3.04. The van der Waals surface area contributed by atoms with Crippen LogP contribution in [0.5, 0.6) is 0 Å². The van der Waals surface area contributed by atoms with Gasteiger partial charge >= 0.3 is 0 Å². The smallest absolute Gasteiger partial charge is 0.0556 e. The van der Waals surface area contributed by atoms with E-state index in [0.29, 0.717) is 16.9 Å². The number of fused-ring (bicyclic) bond motifs is 5. The molecular weight excluding hydrogens is 342 g/mol. The summed E-state index contributed by atoms with van der Waals surface area (Å²) in [6, 6.07) is 11.1. The molecule has 152 valence electrons. The minimum Gasteiger partial charge on any atom is -0.393 e. The van der Waals surface area contributed by atoms with Gasteiger partial charge in [0.1, 0.15) is 0 Å². The quantitative estimate of drug-likeness (QED) is 0.640. The molecule has 0 heterocycles. The predicted molar refractivity (Wildman–Crippen MR) is 116 cm³/mol. The van der Waals surface area contributed by atoms with Gasteiger partial charge in [-0.2, -0.15) is 0 Å². The summed E-state index contributed by atoms with van der Waals surface area (Å²) >= 11 is 0. The fourth-order valence-corrected chi connectivity index (χ4v) is 8.17. The molecule has 2 heteroatoms. The lowest BCUT2D eigenvalue weighted by Crippen LogP contribution is -2.54. The van der Waals surface area contributed by atoms with E-state index in [1.807, 2.05) is 0 Å². The molecule has 1 aromatic rings. The van der Waals surface area contributed by atoms with Crippen LogP contribution in [-0.2, 0) is 0 Å². The third-order valence-electron chi connectivity index (χ3n) is 9.79. The third-order valence-corrected chi connectivity index (χ3v) is 9.79. The second kappa shape index (κ2) is 6.97. The number of nitrogens with zero attached hydrogens (tertiary/aromatic N) is 1.